The van der Waals surface area contributed by atoms with Crippen molar-refractivity contribution in [2.24, 2.45) is 0 Å². The maximum atomic E-state index is 11.6. The monoisotopic (exact) mass is 312 g/mol. The molecule has 5 nitrogen and oxygen atoms in total. The SMILES string of the molecule is COc1cc(Br)cc2c1O[C@]1(C)C[C@H]2NC(=O)N1. The molecule has 0 aromatic heterocycles. The maximum Gasteiger partial charge on any atom is 0.318 e. The number of hydrogen-bond donors (Lipinski definition) is 2. The molecule has 1 aromatic rings. The summed E-state index contributed by atoms with van der Waals surface area (Å²) in [5.41, 5.74) is 0.259. The van der Waals surface area contributed by atoms with E-state index < -0.39 is 5.72 Å². The number of rotatable bonds is 1. The van der Waals surface area contributed by atoms with Crippen molar-refractivity contribution in [1.29, 1.82) is 0 Å². The molecule has 2 aliphatic heterocycles. The van der Waals surface area contributed by atoms with E-state index in [9.17, 15) is 4.79 Å². The van der Waals surface area contributed by atoms with Gasteiger partial charge in [-0.25, -0.2) is 4.79 Å². The van der Waals surface area contributed by atoms with Crippen LogP contribution < -0.4 is 20.1 Å². The van der Waals surface area contributed by atoms with Gasteiger partial charge in [-0.15, -0.1) is 0 Å². The average molecular weight is 313 g/mol. The Balaban J connectivity index is 2.15. The fourth-order valence-electron chi connectivity index (χ4n) is 2.51. The van der Waals surface area contributed by atoms with Gasteiger partial charge in [-0.2, -0.15) is 0 Å². The van der Waals surface area contributed by atoms with Crippen LogP contribution in [0.5, 0.6) is 11.5 Å². The predicted octanol–water partition coefficient (Wildman–Crippen LogP) is 2.31. The Kier molecular flexibility index (Phi) is 2.45. The van der Waals surface area contributed by atoms with Gasteiger partial charge in [0.15, 0.2) is 17.2 Å². The topological polar surface area (TPSA) is 59.6 Å². The molecule has 1 fully saturated rings. The standard InChI is InChI=1S/C12H13BrN2O3/c1-12-5-8(14-11(16)15-12)7-3-6(13)4-9(17-2)10(7)18-12/h3-4,8H,5H2,1-2H3,(H2,14,15,16)/t8-,12-/m1/s1. The third-order valence-corrected chi connectivity index (χ3v) is 3.71. The smallest absolute Gasteiger partial charge is 0.318 e. The summed E-state index contributed by atoms with van der Waals surface area (Å²) in [6, 6.07) is 3.54. The van der Waals surface area contributed by atoms with Crippen LogP contribution in [-0.4, -0.2) is 18.9 Å². The molecule has 2 amide bonds. The van der Waals surface area contributed by atoms with Gasteiger partial charge in [-0.1, -0.05) is 15.9 Å². The largest absolute Gasteiger partial charge is 0.493 e. The van der Waals surface area contributed by atoms with E-state index >= 15 is 0 Å². The molecule has 2 heterocycles. The van der Waals surface area contributed by atoms with E-state index in [1.54, 1.807) is 7.11 Å². The van der Waals surface area contributed by atoms with Crippen LogP contribution in [-0.2, 0) is 0 Å². The summed E-state index contributed by atoms with van der Waals surface area (Å²) < 4.78 is 12.2. The number of ether oxygens (including phenoxy) is 2. The maximum absolute atomic E-state index is 11.6. The first kappa shape index (κ1) is 11.6. The lowest BCUT2D eigenvalue weighted by Gasteiger charge is -2.44. The first-order chi connectivity index (χ1) is 8.50. The lowest BCUT2D eigenvalue weighted by atomic mass is 9.91. The number of nitrogens with one attached hydrogen (secondary N) is 2. The van der Waals surface area contributed by atoms with E-state index in [1.165, 1.54) is 0 Å². The number of urea groups is 1. The molecular weight excluding hydrogens is 300 g/mol. The first-order valence-corrected chi connectivity index (χ1v) is 6.45. The van der Waals surface area contributed by atoms with E-state index in [0.29, 0.717) is 17.9 Å². The van der Waals surface area contributed by atoms with Gasteiger partial charge in [0, 0.05) is 16.5 Å². The number of hydrogen-bond acceptors (Lipinski definition) is 3. The molecule has 2 atom stereocenters. The molecule has 2 N–H and O–H groups in total. The van der Waals surface area contributed by atoms with Crippen LogP contribution in [0.25, 0.3) is 0 Å². The Hall–Kier alpha value is -1.43. The Morgan fingerprint density at radius 1 is 1.56 bits per heavy atom. The predicted molar refractivity (Wildman–Crippen MR) is 68.8 cm³/mol. The minimum absolute atomic E-state index is 0.0566. The van der Waals surface area contributed by atoms with Crippen molar-refractivity contribution in [3.63, 3.8) is 0 Å². The fraction of sp³-hybridized carbons (Fsp3) is 0.417. The molecule has 0 radical (unpaired) electrons. The molecule has 2 bridgehead atoms. The minimum Gasteiger partial charge on any atom is -0.493 e. The van der Waals surface area contributed by atoms with Crippen LogP contribution in [0.4, 0.5) is 4.79 Å². The summed E-state index contributed by atoms with van der Waals surface area (Å²) in [6.45, 7) is 1.86. The Bertz CT molecular complexity index is 534. The molecule has 96 valence electrons. The zero-order chi connectivity index (χ0) is 12.9. The van der Waals surface area contributed by atoms with Gasteiger partial charge in [0.25, 0.3) is 0 Å². The number of halogens is 1. The van der Waals surface area contributed by atoms with Crippen molar-refractivity contribution in [1.82, 2.24) is 10.6 Å². The molecule has 0 saturated carbocycles. The highest BCUT2D eigenvalue weighted by molar-refractivity contribution is 9.10. The lowest BCUT2D eigenvalue weighted by Crippen LogP contribution is -2.62. The number of amides is 2. The van der Waals surface area contributed by atoms with Crippen molar-refractivity contribution >= 4 is 22.0 Å². The first-order valence-electron chi connectivity index (χ1n) is 5.66. The van der Waals surface area contributed by atoms with Gasteiger partial charge in [-0.3, -0.25) is 0 Å². The molecule has 1 aromatic carbocycles. The summed E-state index contributed by atoms with van der Waals surface area (Å²) >= 11 is 3.44. The quantitative estimate of drug-likeness (QED) is 0.836. The fourth-order valence-corrected chi connectivity index (χ4v) is 2.97. The van der Waals surface area contributed by atoms with E-state index in [-0.39, 0.29) is 12.1 Å². The molecule has 18 heavy (non-hydrogen) atoms. The van der Waals surface area contributed by atoms with Crippen LogP contribution in [0.3, 0.4) is 0 Å². The zero-order valence-electron chi connectivity index (χ0n) is 10.0. The average Bonchev–Trinajstić information content (AvgIpc) is 2.28. The Morgan fingerprint density at radius 2 is 2.33 bits per heavy atom. The van der Waals surface area contributed by atoms with Crippen molar-refractivity contribution in [2.75, 3.05) is 7.11 Å². The van der Waals surface area contributed by atoms with Crippen molar-refractivity contribution < 1.29 is 14.3 Å². The van der Waals surface area contributed by atoms with Gasteiger partial charge >= 0.3 is 6.03 Å². The zero-order valence-corrected chi connectivity index (χ0v) is 11.6. The molecule has 2 aliphatic rings. The van der Waals surface area contributed by atoms with Gasteiger partial charge < -0.3 is 20.1 Å². The van der Waals surface area contributed by atoms with E-state index in [2.05, 4.69) is 26.6 Å². The summed E-state index contributed by atoms with van der Waals surface area (Å²) in [5, 5.41) is 5.69. The highest BCUT2D eigenvalue weighted by Gasteiger charge is 2.44. The molecule has 6 heteroatoms. The van der Waals surface area contributed by atoms with Gasteiger partial charge in [0.05, 0.1) is 13.2 Å². The molecular formula is C12H13BrN2O3. The third-order valence-electron chi connectivity index (χ3n) is 3.25. The lowest BCUT2D eigenvalue weighted by molar-refractivity contribution is 0.00937. The van der Waals surface area contributed by atoms with Crippen LogP contribution in [0, 0.1) is 0 Å². The summed E-state index contributed by atoms with van der Waals surface area (Å²) in [6.07, 6.45) is 0.686. The second-order valence-corrected chi connectivity index (χ2v) is 5.63. The van der Waals surface area contributed by atoms with Gasteiger partial charge in [-0.05, 0) is 19.1 Å². The number of carbonyl (C=O) groups excluding carboxylic acids is 1. The minimum atomic E-state index is -0.679. The Morgan fingerprint density at radius 3 is 3.06 bits per heavy atom. The number of fused-ring (bicyclic) bond motifs is 4. The number of benzene rings is 1. The van der Waals surface area contributed by atoms with Crippen molar-refractivity contribution in [3.05, 3.63) is 22.2 Å². The molecule has 0 aliphatic carbocycles. The van der Waals surface area contributed by atoms with Crippen molar-refractivity contribution in [3.8, 4) is 11.5 Å². The Labute approximate surface area is 113 Å². The second-order valence-electron chi connectivity index (χ2n) is 4.71. The molecule has 0 unspecified atom stereocenters. The van der Waals surface area contributed by atoms with Crippen LogP contribution in [0.2, 0.25) is 0 Å². The molecule has 3 rings (SSSR count). The van der Waals surface area contributed by atoms with Crippen LogP contribution in [0.15, 0.2) is 16.6 Å². The summed E-state index contributed by atoms with van der Waals surface area (Å²) in [4.78, 5) is 11.6. The van der Waals surface area contributed by atoms with Crippen molar-refractivity contribution in [2.45, 2.75) is 25.1 Å². The highest BCUT2D eigenvalue weighted by atomic mass is 79.9. The second kappa shape index (κ2) is 3.78. The molecule has 1 saturated heterocycles. The summed E-state index contributed by atoms with van der Waals surface area (Å²) in [5.74, 6) is 1.35. The highest BCUT2D eigenvalue weighted by Crippen LogP contribution is 2.46. The van der Waals surface area contributed by atoms with E-state index in [1.807, 2.05) is 19.1 Å². The molecule has 0 spiro atoms. The van der Waals surface area contributed by atoms with E-state index in [4.69, 9.17) is 9.47 Å². The van der Waals surface area contributed by atoms with Gasteiger partial charge in [0.2, 0.25) is 0 Å². The number of carbonyl (C=O) groups is 1. The number of methoxy groups -OCH3 is 1. The summed E-state index contributed by atoms with van der Waals surface area (Å²) in [7, 11) is 1.60. The normalized spacial score (nSPS) is 28.6. The third kappa shape index (κ3) is 1.71. The van der Waals surface area contributed by atoms with Crippen LogP contribution >= 0.6 is 15.9 Å². The van der Waals surface area contributed by atoms with Crippen LogP contribution in [0.1, 0.15) is 24.9 Å². The van der Waals surface area contributed by atoms with E-state index in [0.717, 1.165) is 10.0 Å². The van der Waals surface area contributed by atoms with Gasteiger partial charge in [0.1, 0.15) is 0 Å².